The lowest BCUT2D eigenvalue weighted by atomic mass is 10.0. The maximum absolute atomic E-state index is 12.2. The van der Waals surface area contributed by atoms with Crippen molar-refractivity contribution in [1.82, 2.24) is 15.3 Å². The van der Waals surface area contributed by atoms with Gasteiger partial charge in [0.2, 0.25) is 5.95 Å². The molecule has 1 fully saturated rings. The van der Waals surface area contributed by atoms with E-state index >= 15 is 0 Å². The summed E-state index contributed by atoms with van der Waals surface area (Å²) in [6, 6.07) is 11.7. The van der Waals surface area contributed by atoms with E-state index in [1.165, 1.54) is 0 Å². The molecule has 0 radical (unpaired) electrons. The van der Waals surface area contributed by atoms with E-state index in [1.807, 2.05) is 36.4 Å². The number of halogens is 1. The Labute approximate surface area is 209 Å². The van der Waals surface area contributed by atoms with E-state index in [1.54, 1.807) is 20.4 Å². The third-order valence-electron chi connectivity index (χ3n) is 6.52. The molecule has 8 nitrogen and oxygen atoms in total. The smallest absolute Gasteiger partial charge is 0.251 e. The van der Waals surface area contributed by atoms with Gasteiger partial charge in [-0.1, -0.05) is 23.7 Å². The predicted octanol–water partition coefficient (Wildman–Crippen LogP) is 4.24. The first-order chi connectivity index (χ1) is 17.1. The summed E-state index contributed by atoms with van der Waals surface area (Å²) in [4.78, 5) is 23.9. The highest BCUT2D eigenvalue weighted by molar-refractivity contribution is 6.33. The lowest BCUT2D eigenvalue weighted by Gasteiger charge is -2.35. The molecule has 2 aromatic carbocycles. The van der Waals surface area contributed by atoms with Gasteiger partial charge in [0, 0.05) is 55.1 Å². The summed E-state index contributed by atoms with van der Waals surface area (Å²) in [6.07, 6.45) is 3.35. The van der Waals surface area contributed by atoms with Crippen molar-refractivity contribution in [3.05, 3.63) is 64.3 Å². The zero-order valence-electron chi connectivity index (χ0n) is 19.7. The number of ether oxygens (including phenoxy) is 3. The maximum Gasteiger partial charge on any atom is 0.251 e. The molecule has 0 bridgehead atoms. The quantitative estimate of drug-likeness (QED) is 0.525. The molecule has 0 aliphatic carbocycles. The number of nitrogens with one attached hydrogen (secondary N) is 1. The number of nitrogens with zero attached hydrogens (tertiary/aromatic N) is 3. The fraction of sp³-hybridized carbons (Fsp3) is 0.346. The van der Waals surface area contributed by atoms with Gasteiger partial charge in [-0.2, -0.15) is 0 Å². The highest BCUT2D eigenvalue weighted by Gasteiger charge is 2.27. The number of carbonyl (C=O) groups is 1. The molecule has 9 heteroatoms. The van der Waals surface area contributed by atoms with Crippen LogP contribution < -0.4 is 19.7 Å². The fourth-order valence-corrected chi connectivity index (χ4v) is 4.78. The van der Waals surface area contributed by atoms with Crippen molar-refractivity contribution in [2.75, 3.05) is 32.3 Å². The Morgan fingerprint density at radius 3 is 2.74 bits per heavy atom. The summed E-state index contributed by atoms with van der Waals surface area (Å²) in [7, 11) is 3.28. The van der Waals surface area contributed by atoms with E-state index in [2.05, 4.69) is 15.2 Å². The third kappa shape index (κ3) is 4.76. The fourth-order valence-electron chi connectivity index (χ4n) is 4.58. The lowest BCUT2D eigenvalue weighted by molar-refractivity contribution is 0.0837. The first-order valence-corrected chi connectivity index (χ1v) is 11.9. The second kappa shape index (κ2) is 10.1. The van der Waals surface area contributed by atoms with Gasteiger partial charge in [0.05, 0.1) is 31.1 Å². The van der Waals surface area contributed by atoms with Crippen LogP contribution >= 0.6 is 11.6 Å². The molecule has 182 valence electrons. The molecule has 3 aromatic rings. The molecule has 3 heterocycles. The van der Waals surface area contributed by atoms with Crippen LogP contribution in [0.1, 0.15) is 34.3 Å². The van der Waals surface area contributed by atoms with E-state index in [0.717, 1.165) is 41.0 Å². The molecule has 1 amide bonds. The number of rotatable bonds is 7. The second-order valence-electron chi connectivity index (χ2n) is 8.57. The van der Waals surface area contributed by atoms with Gasteiger partial charge >= 0.3 is 0 Å². The van der Waals surface area contributed by atoms with Crippen molar-refractivity contribution in [2.45, 2.75) is 32.0 Å². The minimum atomic E-state index is -0.0808. The van der Waals surface area contributed by atoms with Crippen LogP contribution in [0.4, 0.5) is 5.95 Å². The number of methoxy groups -OCH3 is 2. The van der Waals surface area contributed by atoms with Crippen LogP contribution in [-0.2, 0) is 17.8 Å². The number of hydrogen-bond acceptors (Lipinski definition) is 7. The van der Waals surface area contributed by atoms with Crippen molar-refractivity contribution in [1.29, 1.82) is 0 Å². The molecule has 1 N–H and O–H groups in total. The van der Waals surface area contributed by atoms with Crippen molar-refractivity contribution in [3.8, 4) is 22.8 Å². The van der Waals surface area contributed by atoms with Crippen LogP contribution in [0.25, 0.3) is 11.3 Å². The van der Waals surface area contributed by atoms with Gasteiger partial charge in [-0.15, -0.1) is 0 Å². The Hall–Kier alpha value is -3.36. The van der Waals surface area contributed by atoms with Crippen LogP contribution in [0.2, 0.25) is 5.02 Å². The van der Waals surface area contributed by atoms with Gasteiger partial charge in [0.25, 0.3) is 5.91 Å². The zero-order valence-corrected chi connectivity index (χ0v) is 20.5. The molecule has 0 saturated carbocycles. The van der Waals surface area contributed by atoms with Crippen molar-refractivity contribution in [2.24, 2.45) is 0 Å². The van der Waals surface area contributed by atoms with E-state index in [4.69, 9.17) is 30.8 Å². The third-order valence-corrected chi connectivity index (χ3v) is 6.80. The molecule has 0 spiro atoms. The number of benzene rings is 2. The molecule has 35 heavy (non-hydrogen) atoms. The Kier molecular flexibility index (Phi) is 6.74. The Balaban J connectivity index is 1.54. The molecule has 0 atom stereocenters. The lowest BCUT2D eigenvalue weighted by Crippen LogP contribution is -2.40. The molecular formula is C26H27ClN4O4. The molecular weight excluding hydrogens is 468 g/mol. The number of hydrogen-bond donors (Lipinski definition) is 1. The summed E-state index contributed by atoms with van der Waals surface area (Å²) in [5, 5.41) is 3.28. The van der Waals surface area contributed by atoms with Crippen LogP contribution in [0.5, 0.6) is 11.5 Å². The Morgan fingerprint density at radius 1 is 1.14 bits per heavy atom. The van der Waals surface area contributed by atoms with E-state index in [0.29, 0.717) is 48.5 Å². The molecule has 1 aromatic heterocycles. The zero-order chi connectivity index (χ0) is 24.4. The largest absolute Gasteiger partial charge is 0.497 e. The van der Waals surface area contributed by atoms with Gasteiger partial charge < -0.3 is 24.4 Å². The van der Waals surface area contributed by atoms with Gasteiger partial charge in [0.15, 0.2) is 0 Å². The summed E-state index contributed by atoms with van der Waals surface area (Å²) in [5.74, 6) is 1.95. The van der Waals surface area contributed by atoms with Crippen LogP contribution in [0, 0.1) is 0 Å². The number of fused-ring (bicyclic) bond motifs is 1. The highest BCUT2D eigenvalue weighted by Crippen LogP contribution is 2.33. The summed E-state index contributed by atoms with van der Waals surface area (Å²) < 4.78 is 16.6. The van der Waals surface area contributed by atoms with Crippen molar-refractivity contribution in [3.63, 3.8) is 0 Å². The molecule has 2 aliphatic rings. The molecule has 1 saturated heterocycles. The van der Waals surface area contributed by atoms with E-state index < -0.39 is 0 Å². The van der Waals surface area contributed by atoms with Crippen LogP contribution in [-0.4, -0.2) is 49.4 Å². The minimum Gasteiger partial charge on any atom is -0.497 e. The summed E-state index contributed by atoms with van der Waals surface area (Å²) >= 11 is 6.55. The SMILES string of the molecule is COc1ccc(CN(c2ncc(Cl)c(-c3ccc4c(c3)C(=O)NC4)n2)C2CCOCC2)c(OC)c1. The number of aromatic nitrogens is 2. The van der Waals surface area contributed by atoms with Gasteiger partial charge in [-0.3, -0.25) is 4.79 Å². The van der Waals surface area contributed by atoms with Crippen molar-refractivity contribution >= 4 is 23.5 Å². The number of anilines is 1. The average molecular weight is 495 g/mol. The maximum atomic E-state index is 12.2. The Morgan fingerprint density at radius 2 is 1.97 bits per heavy atom. The first kappa shape index (κ1) is 23.4. The number of amides is 1. The first-order valence-electron chi connectivity index (χ1n) is 11.6. The number of carbonyl (C=O) groups excluding carboxylic acids is 1. The molecule has 2 aliphatic heterocycles. The van der Waals surface area contributed by atoms with E-state index in [-0.39, 0.29) is 11.9 Å². The highest BCUT2D eigenvalue weighted by atomic mass is 35.5. The summed E-state index contributed by atoms with van der Waals surface area (Å²) in [5.41, 5.74) is 4.00. The topological polar surface area (TPSA) is 85.8 Å². The van der Waals surface area contributed by atoms with Crippen molar-refractivity contribution < 1.29 is 19.0 Å². The molecule has 0 unspecified atom stereocenters. The Bertz CT molecular complexity index is 1250. The normalized spacial score (nSPS) is 15.5. The standard InChI is InChI=1S/C26H27ClN4O4/c1-33-20-6-5-18(23(12-20)34-2)15-31(19-7-9-35-10-8-19)26-29-14-22(27)24(30-26)16-3-4-17-13-28-25(32)21(17)11-16/h3-6,11-12,14,19H,7-10,13,15H2,1-2H3,(H,28,32). The van der Waals surface area contributed by atoms with Crippen LogP contribution in [0.3, 0.4) is 0 Å². The monoisotopic (exact) mass is 494 g/mol. The molecule has 5 rings (SSSR count). The van der Waals surface area contributed by atoms with Gasteiger partial charge in [-0.25, -0.2) is 9.97 Å². The minimum absolute atomic E-state index is 0.0808. The van der Waals surface area contributed by atoms with Gasteiger partial charge in [-0.05, 0) is 36.6 Å². The van der Waals surface area contributed by atoms with Gasteiger partial charge in [0.1, 0.15) is 11.5 Å². The van der Waals surface area contributed by atoms with E-state index in [9.17, 15) is 4.79 Å². The average Bonchev–Trinajstić information content (AvgIpc) is 3.28. The van der Waals surface area contributed by atoms with Crippen LogP contribution in [0.15, 0.2) is 42.6 Å². The summed E-state index contributed by atoms with van der Waals surface area (Å²) in [6.45, 7) is 2.45. The second-order valence-corrected chi connectivity index (χ2v) is 8.98. The predicted molar refractivity (Wildman–Crippen MR) is 133 cm³/mol.